The summed E-state index contributed by atoms with van der Waals surface area (Å²) in [6.07, 6.45) is 6.82. The second kappa shape index (κ2) is 4.57. The van der Waals surface area contributed by atoms with Gasteiger partial charge in [0.1, 0.15) is 0 Å². The second-order valence-corrected chi connectivity index (χ2v) is 6.76. The van der Waals surface area contributed by atoms with Gasteiger partial charge in [0, 0.05) is 19.0 Å². The van der Waals surface area contributed by atoms with Crippen LogP contribution in [-0.2, 0) is 14.6 Å². The van der Waals surface area contributed by atoms with Crippen molar-refractivity contribution < 1.29 is 13.2 Å². The lowest BCUT2D eigenvalue weighted by atomic mass is 9.93. The molecule has 0 N–H and O–H groups in total. The van der Waals surface area contributed by atoms with Crippen molar-refractivity contribution in [2.75, 3.05) is 24.6 Å². The number of carbonyl (C=O) groups excluding carboxylic acids is 1. The first-order valence-electron chi connectivity index (χ1n) is 5.73. The summed E-state index contributed by atoms with van der Waals surface area (Å²) in [5.74, 6) is 0.466. The molecule has 0 spiro atoms. The Morgan fingerprint density at radius 1 is 1.19 bits per heavy atom. The van der Waals surface area contributed by atoms with Crippen LogP contribution in [0.1, 0.15) is 19.3 Å². The van der Waals surface area contributed by atoms with E-state index in [0.717, 1.165) is 19.3 Å². The molecular formula is C11H17NO3S. The van der Waals surface area contributed by atoms with Crippen molar-refractivity contribution in [2.24, 2.45) is 5.92 Å². The van der Waals surface area contributed by atoms with Gasteiger partial charge < -0.3 is 4.90 Å². The smallest absolute Gasteiger partial charge is 0.226 e. The molecule has 0 aromatic rings. The first-order valence-corrected chi connectivity index (χ1v) is 7.55. The molecule has 1 heterocycles. The normalized spacial score (nSPS) is 29.0. The number of rotatable bonds is 1. The first-order chi connectivity index (χ1) is 7.58. The molecule has 16 heavy (non-hydrogen) atoms. The van der Waals surface area contributed by atoms with E-state index in [0.29, 0.717) is 13.1 Å². The third-order valence-electron chi connectivity index (χ3n) is 3.27. The van der Waals surface area contributed by atoms with Crippen LogP contribution in [0.2, 0.25) is 0 Å². The Hall–Kier alpha value is -0.840. The number of carbonyl (C=O) groups is 1. The molecule has 90 valence electrons. The topological polar surface area (TPSA) is 54.5 Å². The minimum Gasteiger partial charge on any atom is -0.340 e. The average molecular weight is 243 g/mol. The Morgan fingerprint density at radius 2 is 1.88 bits per heavy atom. The van der Waals surface area contributed by atoms with Crippen LogP contribution >= 0.6 is 0 Å². The van der Waals surface area contributed by atoms with Crippen LogP contribution in [-0.4, -0.2) is 43.8 Å². The summed E-state index contributed by atoms with van der Waals surface area (Å²) in [6.45, 7) is 0.753. The van der Waals surface area contributed by atoms with Gasteiger partial charge in [-0.05, 0) is 19.3 Å². The Kier molecular flexibility index (Phi) is 3.33. The molecule has 0 aromatic heterocycles. The zero-order valence-electron chi connectivity index (χ0n) is 9.26. The zero-order valence-corrected chi connectivity index (χ0v) is 10.1. The highest BCUT2D eigenvalue weighted by molar-refractivity contribution is 7.91. The fourth-order valence-corrected chi connectivity index (χ4v) is 3.41. The molecule has 0 unspecified atom stereocenters. The van der Waals surface area contributed by atoms with Gasteiger partial charge in [-0.2, -0.15) is 0 Å². The van der Waals surface area contributed by atoms with Crippen LogP contribution in [0.3, 0.4) is 0 Å². The highest BCUT2D eigenvalue weighted by Crippen LogP contribution is 2.21. The van der Waals surface area contributed by atoms with Crippen LogP contribution in [0, 0.1) is 5.92 Å². The van der Waals surface area contributed by atoms with Gasteiger partial charge in [0.2, 0.25) is 5.91 Å². The SMILES string of the molecule is O=C([C@@H]1CC=CCC1)N1CCS(=O)(=O)CC1. The van der Waals surface area contributed by atoms with Gasteiger partial charge in [-0.3, -0.25) is 4.79 Å². The van der Waals surface area contributed by atoms with E-state index in [9.17, 15) is 13.2 Å². The van der Waals surface area contributed by atoms with E-state index in [4.69, 9.17) is 0 Å². The van der Waals surface area contributed by atoms with Crippen molar-refractivity contribution in [1.82, 2.24) is 4.90 Å². The molecule has 0 radical (unpaired) electrons. The molecule has 1 atom stereocenters. The fraction of sp³-hybridized carbons (Fsp3) is 0.727. The molecule has 4 nitrogen and oxygen atoms in total. The van der Waals surface area contributed by atoms with E-state index < -0.39 is 9.84 Å². The molecule has 2 aliphatic rings. The van der Waals surface area contributed by atoms with Crippen molar-refractivity contribution in [3.05, 3.63) is 12.2 Å². The van der Waals surface area contributed by atoms with Gasteiger partial charge in [-0.25, -0.2) is 8.42 Å². The Labute approximate surface area is 96.2 Å². The number of hydrogen-bond donors (Lipinski definition) is 0. The fourth-order valence-electron chi connectivity index (χ4n) is 2.21. The maximum absolute atomic E-state index is 12.1. The molecule has 1 aliphatic carbocycles. The summed E-state index contributed by atoms with van der Waals surface area (Å²) in [6, 6.07) is 0. The summed E-state index contributed by atoms with van der Waals surface area (Å²) in [5.41, 5.74) is 0. The summed E-state index contributed by atoms with van der Waals surface area (Å²) in [5, 5.41) is 0. The molecule has 0 bridgehead atoms. The standard InChI is InChI=1S/C11H17NO3S/c13-11(10-4-2-1-3-5-10)12-6-8-16(14,15)9-7-12/h1-2,10H,3-9H2/t10-/m1/s1. The molecule has 0 aromatic carbocycles. The zero-order chi connectivity index (χ0) is 11.6. The monoisotopic (exact) mass is 243 g/mol. The van der Waals surface area contributed by atoms with Crippen LogP contribution < -0.4 is 0 Å². The largest absolute Gasteiger partial charge is 0.340 e. The van der Waals surface area contributed by atoms with Crippen LogP contribution in [0.25, 0.3) is 0 Å². The summed E-state index contributed by atoms with van der Waals surface area (Å²) < 4.78 is 22.5. The molecule has 1 aliphatic heterocycles. The van der Waals surface area contributed by atoms with Crippen molar-refractivity contribution in [1.29, 1.82) is 0 Å². The van der Waals surface area contributed by atoms with Crippen molar-refractivity contribution in [2.45, 2.75) is 19.3 Å². The maximum Gasteiger partial charge on any atom is 0.226 e. The minimum atomic E-state index is -2.89. The minimum absolute atomic E-state index is 0.0748. The number of nitrogens with zero attached hydrogens (tertiary/aromatic N) is 1. The molecule has 1 saturated heterocycles. The van der Waals surface area contributed by atoms with Crippen LogP contribution in [0.4, 0.5) is 0 Å². The molecule has 1 fully saturated rings. The maximum atomic E-state index is 12.1. The molecule has 2 rings (SSSR count). The van der Waals surface area contributed by atoms with Gasteiger partial charge in [0.15, 0.2) is 9.84 Å². The van der Waals surface area contributed by atoms with E-state index in [1.165, 1.54) is 0 Å². The highest BCUT2D eigenvalue weighted by atomic mass is 32.2. The quantitative estimate of drug-likeness (QED) is 0.634. The van der Waals surface area contributed by atoms with Gasteiger partial charge in [0.25, 0.3) is 0 Å². The lowest BCUT2D eigenvalue weighted by Crippen LogP contribution is -2.46. The summed E-state index contributed by atoms with van der Waals surface area (Å²) in [4.78, 5) is 13.8. The lowest BCUT2D eigenvalue weighted by Gasteiger charge is -2.30. The third-order valence-corrected chi connectivity index (χ3v) is 4.88. The highest BCUT2D eigenvalue weighted by Gasteiger charge is 2.29. The Balaban J connectivity index is 1.93. The van der Waals surface area contributed by atoms with Gasteiger partial charge in [0.05, 0.1) is 11.5 Å². The number of allylic oxidation sites excluding steroid dienone is 2. The predicted octanol–water partition coefficient (Wildman–Crippen LogP) is 0.600. The predicted molar refractivity (Wildman–Crippen MR) is 61.7 cm³/mol. The third kappa shape index (κ3) is 2.64. The summed E-state index contributed by atoms with van der Waals surface area (Å²) >= 11 is 0. The summed E-state index contributed by atoms with van der Waals surface area (Å²) in [7, 11) is -2.89. The van der Waals surface area contributed by atoms with E-state index in [-0.39, 0.29) is 23.3 Å². The van der Waals surface area contributed by atoms with Crippen LogP contribution in [0.5, 0.6) is 0 Å². The molecule has 5 heteroatoms. The van der Waals surface area contributed by atoms with Crippen molar-refractivity contribution >= 4 is 15.7 Å². The van der Waals surface area contributed by atoms with Crippen molar-refractivity contribution in [3.63, 3.8) is 0 Å². The van der Waals surface area contributed by atoms with Gasteiger partial charge >= 0.3 is 0 Å². The van der Waals surface area contributed by atoms with Gasteiger partial charge in [-0.1, -0.05) is 12.2 Å². The van der Waals surface area contributed by atoms with E-state index in [1.807, 2.05) is 6.08 Å². The Morgan fingerprint density at radius 3 is 2.44 bits per heavy atom. The lowest BCUT2D eigenvalue weighted by molar-refractivity contribution is -0.135. The van der Waals surface area contributed by atoms with Crippen LogP contribution in [0.15, 0.2) is 12.2 Å². The number of hydrogen-bond acceptors (Lipinski definition) is 3. The van der Waals surface area contributed by atoms with E-state index in [1.54, 1.807) is 4.90 Å². The van der Waals surface area contributed by atoms with E-state index in [2.05, 4.69) is 6.08 Å². The number of sulfone groups is 1. The van der Waals surface area contributed by atoms with Gasteiger partial charge in [-0.15, -0.1) is 0 Å². The molecule has 1 amide bonds. The molecular weight excluding hydrogens is 226 g/mol. The second-order valence-electron chi connectivity index (χ2n) is 4.46. The van der Waals surface area contributed by atoms with E-state index >= 15 is 0 Å². The number of amides is 1. The molecule has 0 saturated carbocycles. The Bertz CT molecular complexity index is 385. The average Bonchev–Trinajstić information content (AvgIpc) is 2.29. The van der Waals surface area contributed by atoms with Crippen molar-refractivity contribution in [3.8, 4) is 0 Å². The first kappa shape index (κ1) is 11.6.